The molecule has 6 nitrogen and oxygen atoms in total. The van der Waals surface area contributed by atoms with Crippen molar-refractivity contribution in [2.24, 2.45) is 0 Å². The van der Waals surface area contributed by atoms with E-state index in [0.29, 0.717) is 11.1 Å². The van der Waals surface area contributed by atoms with E-state index in [9.17, 15) is 21.6 Å². The zero-order chi connectivity index (χ0) is 15.7. The second kappa shape index (κ2) is 7.16. The first-order chi connectivity index (χ1) is 9.67. The number of rotatable bonds is 4. The molecule has 0 aliphatic carbocycles. The van der Waals surface area contributed by atoms with E-state index in [-0.39, 0.29) is 29.4 Å². The van der Waals surface area contributed by atoms with Crippen LogP contribution in [0.4, 0.5) is 13.2 Å². The lowest BCUT2D eigenvalue weighted by atomic mass is 10.0. The third-order valence-electron chi connectivity index (χ3n) is 3.33. The van der Waals surface area contributed by atoms with Crippen LogP contribution in [0.5, 0.6) is 0 Å². The molecule has 1 aliphatic rings. The number of nitrogens with zero attached hydrogens (tertiary/aromatic N) is 2. The van der Waals surface area contributed by atoms with Gasteiger partial charge in [0.1, 0.15) is 11.4 Å². The van der Waals surface area contributed by atoms with Crippen LogP contribution in [0.15, 0.2) is 17.3 Å². The Hall–Kier alpha value is -0.840. The van der Waals surface area contributed by atoms with Crippen molar-refractivity contribution in [3.63, 3.8) is 0 Å². The van der Waals surface area contributed by atoms with E-state index >= 15 is 0 Å². The molecule has 0 aromatic carbocycles. The monoisotopic (exact) mass is 362 g/mol. The highest BCUT2D eigenvalue weighted by Gasteiger charge is 2.30. The Kier molecular flexibility index (Phi) is 6.25. The van der Waals surface area contributed by atoms with Gasteiger partial charge in [-0.3, -0.25) is 4.68 Å². The predicted molar refractivity (Wildman–Crippen MR) is 76.3 cm³/mol. The summed E-state index contributed by atoms with van der Waals surface area (Å²) in [7, 11) is -3.87. The number of hydrogen-bond acceptors (Lipinski definition) is 4. The van der Waals surface area contributed by atoms with Crippen LogP contribution in [0.25, 0.3) is 0 Å². The molecule has 11 heteroatoms. The van der Waals surface area contributed by atoms with Crippen LogP contribution in [0.1, 0.15) is 19.8 Å². The Balaban J connectivity index is 0.00000242. The first kappa shape index (κ1) is 19.2. The number of sulfonamides is 1. The van der Waals surface area contributed by atoms with Crippen molar-refractivity contribution in [2.75, 3.05) is 6.54 Å². The van der Waals surface area contributed by atoms with Crippen LogP contribution in [0, 0.1) is 0 Å². The van der Waals surface area contributed by atoms with Crippen LogP contribution >= 0.6 is 12.4 Å². The summed E-state index contributed by atoms with van der Waals surface area (Å²) in [5.41, 5.74) is 0. The van der Waals surface area contributed by atoms with Gasteiger partial charge in [0.05, 0.1) is 6.20 Å². The summed E-state index contributed by atoms with van der Waals surface area (Å²) >= 11 is 0. The van der Waals surface area contributed by atoms with Gasteiger partial charge in [-0.05, 0) is 26.3 Å². The predicted octanol–water partition coefficient (Wildman–Crippen LogP) is 1.29. The Morgan fingerprint density at radius 3 is 2.77 bits per heavy atom. The molecular formula is C11H18ClF3N4O2S. The molecule has 22 heavy (non-hydrogen) atoms. The van der Waals surface area contributed by atoms with Crippen molar-refractivity contribution in [1.29, 1.82) is 0 Å². The van der Waals surface area contributed by atoms with Gasteiger partial charge in [-0.2, -0.15) is 18.3 Å². The average Bonchev–Trinajstić information content (AvgIpc) is 2.79. The maximum Gasteiger partial charge on any atom is 0.408 e. The van der Waals surface area contributed by atoms with E-state index in [4.69, 9.17) is 0 Å². The quantitative estimate of drug-likeness (QED) is 0.846. The average molecular weight is 363 g/mol. The van der Waals surface area contributed by atoms with Crippen molar-refractivity contribution in [3.05, 3.63) is 12.4 Å². The summed E-state index contributed by atoms with van der Waals surface area (Å²) in [5, 5.41) is 6.59. The summed E-state index contributed by atoms with van der Waals surface area (Å²) in [6.07, 6.45) is -1.11. The Labute approximate surface area is 132 Å². The number of nitrogens with one attached hydrogen (secondary N) is 2. The van der Waals surface area contributed by atoms with E-state index in [1.54, 1.807) is 0 Å². The van der Waals surface area contributed by atoms with Crippen LogP contribution in [-0.4, -0.2) is 43.0 Å². The summed E-state index contributed by atoms with van der Waals surface area (Å²) in [6, 6.07) is -0.312. The molecule has 0 amide bonds. The molecule has 0 bridgehead atoms. The molecule has 2 rings (SSSR count). The summed E-state index contributed by atoms with van der Waals surface area (Å²) in [5.74, 6) is 0. The van der Waals surface area contributed by atoms with Gasteiger partial charge in [0.15, 0.2) is 0 Å². The molecule has 1 saturated heterocycles. The van der Waals surface area contributed by atoms with E-state index in [1.807, 2.05) is 6.92 Å². The lowest BCUT2D eigenvalue weighted by Gasteiger charge is -2.30. The number of piperidine rings is 1. The van der Waals surface area contributed by atoms with Crippen LogP contribution in [0.3, 0.4) is 0 Å². The van der Waals surface area contributed by atoms with Gasteiger partial charge < -0.3 is 5.32 Å². The summed E-state index contributed by atoms with van der Waals surface area (Å²) < 4.78 is 64.1. The molecule has 0 spiro atoms. The largest absolute Gasteiger partial charge is 0.408 e. The smallest absolute Gasteiger partial charge is 0.313 e. The van der Waals surface area contributed by atoms with E-state index in [0.717, 1.165) is 25.4 Å². The highest BCUT2D eigenvalue weighted by molar-refractivity contribution is 7.89. The fourth-order valence-corrected chi connectivity index (χ4v) is 3.53. The Morgan fingerprint density at radius 1 is 1.50 bits per heavy atom. The van der Waals surface area contributed by atoms with Crippen molar-refractivity contribution in [3.8, 4) is 0 Å². The number of aromatic nitrogens is 2. The van der Waals surface area contributed by atoms with E-state index in [1.165, 1.54) is 0 Å². The fourth-order valence-electron chi connectivity index (χ4n) is 2.23. The fraction of sp³-hybridized carbons (Fsp3) is 0.727. The Bertz CT molecular complexity index is 590. The molecule has 2 N–H and O–H groups in total. The second-order valence-electron chi connectivity index (χ2n) is 5.10. The van der Waals surface area contributed by atoms with Gasteiger partial charge in [0.2, 0.25) is 10.0 Å². The normalized spacial score (nSPS) is 23.1. The van der Waals surface area contributed by atoms with Crippen LogP contribution < -0.4 is 10.0 Å². The molecule has 1 aliphatic heterocycles. The van der Waals surface area contributed by atoms with Crippen molar-refractivity contribution < 1.29 is 21.6 Å². The molecule has 128 valence electrons. The van der Waals surface area contributed by atoms with E-state index in [2.05, 4.69) is 15.1 Å². The Morgan fingerprint density at radius 2 is 2.18 bits per heavy atom. The third-order valence-corrected chi connectivity index (χ3v) is 4.77. The molecule has 1 fully saturated rings. The minimum atomic E-state index is -4.44. The van der Waals surface area contributed by atoms with Gasteiger partial charge in [-0.15, -0.1) is 12.4 Å². The third kappa shape index (κ3) is 5.11. The zero-order valence-electron chi connectivity index (χ0n) is 11.8. The number of hydrogen-bond donors (Lipinski definition) is 2. The van der Waals surface area contributed by atoms with E-state index < -0.39 is 22.7 Å². The highest BCUT2D eigenvalue weighted by atomic mass is 35.5. The first-order valence-electron chi connectivity index (χ1n) is 6.52. The lowest BCUT2D eigenvalue weighted by molar-refractivity contribution is -0.142. The minimum Gasteiger partial charge on any atom is -0.313 e. The lowest BCUT2D eigenvalue weighted by Crippen LogP contribution is -2.51. The minimum absolute atomic E-state index is 0. The second-order valence-corrected chi connectivity index (χ2v) is 6.82. The van der Waals surface area contributed by atoms with Crippen molar-refractivity contribution in [1.82, 2.24) is 19.8 Å². The van der Waals surface area contributed by atoms with Crippen molar-refractivity contribution >= 4 is 22.4 Å². The first-order valence-corrected chi connectivity index (χ1v) is 8.01. The van der Waals surface area contributed by atoms with Gasteiger partial charge in [0, 0.05) is 18.3 Å². The maximum atomic E-state index is 12.2. The van der Waals surface area contributed by atoms with Crippen LogP contribution in [0.2, 0.25) is 0 Å². The zero-order valence-corrected chi connectivity index (χ0v) is 13.4. The number of halogens is 4. The number of alkyl halides is 3. The standard InChI is InChI=1S/C11H17F3N4O2S.ClH/c1-8-10(3-2-4-15-8)17-21(19,20)9-5-16-18(6-9)7-11(12,13)14;/h5-6,8,10,15,17H,2-4,7H2,1H3;1H. The van der Waals surface area contributed by atoms with Gasteiger partial charge in [-0.1, -0.05) is 0 Å². The highest BCUT2D eigenvalue weighted by Crippen LogP contribution is 2.19. The van der Waals surface area contributed by atoms with Gasteiger partial charge in [0.25, 0.3) is 0 Å². The molecule has 0 radical (unpaired) electrons. The molecule has 2 heterocycles. The van der Waals surface area contributed by atoms with Crippen molar-refractivity contribution in [2.45, 2.75) is 49.5 Å². The molecule has 2 atom stereocenters. The molecule has 1 aromatic heterocycles. The molecule has 1 aromatic rings. The van der Waals surface area contributed by atoms with Gasteiger partial charge in [-0.25, -0.2) is 13.1 Å². The SMILES string of the molecule is CC1NCCCC1NS(=O)(=O)c1cnn(CC(F)(F)F)c1.Cl. The molecule has 2 unspecified atom stereocenters. The summed E-state index contributed by atoms with van der Waals surface area (Å²) in [6.45, 7) is 1.37. The molecular weight excluding hydrogens is 345 g/mol. The maximum absolute atomic E-state index is 12.2. The molecule has 0 saturated carbocycles. The van der Waals surface area contributed by atoms with Crippen LogP contribution in [-0.2, 0) is 16.6 Å². The summed E-state index contributed by atoms with van der Waals surface area (Å²) in [4.78, 5) is -0.260. The topological polar surface area (TPSA) is 76.0 Å². The van der Waals surface area contributed by atoms with Gasteiger partial charge >= 0.3 is 6.18 Å².